The second-order valence-corrected chi connectivity index (χ2v) is 20.8. The van der Waals surface area contributed by atoms with E-state index in [4.69, 9.17) is 0 Å². The van der Waals surface area contributed by atoms with Crippen LogP contribution in [0.3, 0.4) is 0 Å². The Morgan fingerprint density at radius 2 is 0.271 bits per heavy atom. The molecule has 0 spiro atoms. The second kappa shape index (κ2) is 23.1. The van der Waals surface area contributed by atoms with E-state index in [-0.39, 0.29) is 47.8 Å². The van der Waals surface area contributed by atoms with E-state index in [1.807, 2.05) is 0 Å². The van der Waals surface area contributed by atoms with E-state index in [1.165, 1.54) is 131 Å². The molecule has 0 amide bonds. The maximum absolute atomic E-state index is 2.30. The van der Waals surface area contributed by atoms with Crippen LogP contribution in [0.5, 0.6) is 0 Å². The number of hydrogen-bond acceptors (Lipinski definition) is 0. The molecular formula is C54H66Si3Sn2. The van der Waals surface area contributed by atoms with Crippen LogP contribution in [0.4, 0.5) is 0 Å². The monoisotopic (exact) mass is 1040 g/mol. The summed E-state index contributed by atoms with van der Waals surface area (Å²) in [4.78, 5) is 0. The van der Waals surface area contributed by atoms with Crippen LogP contribution in [-0.2, 0) is 0 Å². The molecule has 0 heterocycles. The Morgan fingerprint density at radius 1 is 0.186 bits per heavy atom. The van der Waals surface area contributed by atoms with Crippen LogP contribution in [0.15, 0.2) is 72.8 Å². The molecule has 0 aromatic heterocycles. The molecule has 6 rings (SSSR count). The first-order valence-electron chi connectivity index (χ1n) is 20.4. The van der Waals surface area contributed by atoms with Crippen molar-refractivity contribution in [3.8, 4) is 0 Å². The minimum atomic E-state index is 0. The van der Waals surface area contributed by atoms with Gasteiger partial charge in [0.15, 0.2) is 0 Å². The first-order chi connectivity index (χ1) is 26.6. The van der Waals surface area contributed by atoms with Crippen molar-refractivity contribution in [1.29, 1.82) is 0 Å². The van der Waals surface area contributed by atoms with Crippen LogP contribution in [0, 0.1) is 125 Å². The van der Waals surface area contributed by atoms with Gasteiger partial charge in [0.05, 0.1) is 0 Å². The summed E-state index contributed by atoms with van der Waals surface area (Å²) in [6, 6.07) is 27.6. The summed E-state index contributed by atoms with van der Waals surface area (Å²) < 4.78 is 0. The summed E-state index contributed by atoms with van der Waals surface area (Å²) >= 11 is 0. The molecule has 0 aliphatic rings. The molecule has 0 saturated carbocycles. The first kappa shape index (κ1) is 52.7. The molecule has 0 aliphatic heterocycles. The maximum atomic E-state index is 2.30. The molecule has 5 heteroatoms. The number of benzene rings is 6. The van der Waals surface area contributed by atoms with Gasteiger partial charge in [-0.15, -0.1) is 0 Å². The summed E-state index contributed by atoms with van der Waals surface area (Å²) in [5.41, 5.74) is 25.3. The zero-order chi connectivity index (χ0) is 42.5. The molecule has 6 aromatic rings. The number of rotatable bonds is 6. The van der Waals surface area contributed by atoms with Crippen molar-refractivity contribution in [1.82, 2.24) is 0 Å². The molecule has 59 heavy (non-hydrogen) atoms. The Labute approximate surface area is 401 Å². The maximum Gasteiger partial charge on any atom is 0.122 e. The van der Waals surface area contributed by atoms with Crippen LogP contribution >= 0.6 is 0 Å². The number of hydrogen-bond donors (Lipinski definition) is 0. The van der Waals surface area contributed by atoms with Gasteiger partial charge in [-0.25, -0.2) is 0 Å². The van der Waals surface area contributed by atoms with Gasteiger partial charge >= 0.3 is 0 Å². The molecule has 0 unspecified atom stereocenters. The fourth-order valence-corrected chi connectivity index (χ4v) is 12.6. The summed E-state index contributed by atoms with van der Waals surface area (Å²) in [6.07, 6.45) is 0. The molecule has 0 N–H and O–H groups in total. The van der Waals surface area contributed by atoms with Gasteiger partial charge in [0.2, 0.25) is 0 Å². The van der Waals surface area contributed by atoms with E-state index in [2.05, 4.69) is 197 Å². The van der Waals surface area contributed by atoms with Gasteiger partial charge in [0.1, 0.15) is 28.6 Å². The van der Waals surface area contributed by atoms with Crippen molar-refractivity contribution in [2.45, 2.75) is 125 Å². The van der Waals surface area contributed by atoms with E-state index >= 15 is 0 Å². The van der Waals surface area contributed by atoms with Gasteiger partial charge in [-0.05, 0) is 125 Å². The zero-order valence-corrected chi connectivity index (χ0v) is 48.1. The zero-order valence-electron chi connectivity index (χ0n) is 39.4. The van der Waals surface area contributed by atoms with Crippen molar-refractivity contribution in [2.24, 2.45) is 0 Å². The second-order valence-electron chi connectivity index (χ2n) is 17.0. The molecule has 0 bridgehead atoms. The largest absolute Gasteiger partial charge is 0.122 e. The van der Waals surface area contributed by atoms with Crippen LogP contribution < -0.4 is 31.1 Å². The molecule has 302 valence electrons. The molecule has 0 fully saturated rings. The fraction of sp³-hybridized carbons (Fsp3) is 0.333. The average molecular weight is 1040 g/mol. The topological polar surface area (TPSA) is 0 Å². The van der Waals surface area contributed by atoms with E-state index in [1.54, 1.807) is 0 Å². The van der Waals surface area contributed by atoms with Gasteiger partial charge in [0, 0.05) is 47.8 Å². The van der Waals surface area contributed by atoms with Crippen molar-refractivity contribution in [3.63, 3.8) is 0 Å². The van der Waals surface area contributed by atoms with Gasteiger partial charge in [-0.3, -0.25) is 0 Å². The van der Waals surface area contributed by atoms with Gasteiger partial charge in [-0.2, -0.15) is 0 Å². The Hall–Kier alpha value is -2.43. The van der Waals surface area contributed by atoms with Gasteiger partial charge in [0.25, 0.3) is 0 Å². The number of aryl methyl sites for hydroxylation is 18. The minimum Gasteiger partial charge on any atom is -0.0565 e. The molecule has 14 radical (unpaired) electrons. The standard InChI is InChI=1S/3C18H22Si.2Sn/c3*1-11-7-13(3)17(14(4)8-11)19-18-15(5)9-12(2)10-16(18)6;;/h3*7-10H,1-6H3;;. The smallest absolute Gasteiger partial charge is 0.0565 e. The predicted molar refractivity (Wildman–Crippen MR) is 270 cm³/mol. The minimum absolute atomic E-state index is 0. The molecule has 0 nitrogen and oxygen atoms in total. The first-order valence-corrected chi connectivity index (χ1v) is 23.4. The van der Waals surface area contributed by atoms with E-state index in [0.29, 0.717) is 0 Å². The normalized spacial score (nSPS) is 10.5. The van der Waals surface area contributed by atoms with E-state index in [9.17, 15) is 0 Å². The molecule has 0 aliphatic carbocycles. The van der Waals surface area contributed by atoms with E-state index in [0.717, 1.165) is 28.6 Å². The average Bonchev–Trinajstić information content (AvgIpc) is 3.05. The Morgan fingerprint density at radius 3 is 0.356 bits per heavy atom. The quantitative estimate of drug-likeness (QED) is 0.147. The van der Waals surface area contributed by atoms with Crippen LogP contribution in [0.25, 0.3) is 0 Å². The third kappa shape index (κ3) is 14.3. The van der Waals surface area contributed by atoms with Gasteiger partial charge in [-0.1, -0.05) is 204 Å². The third-order valence-corrected chi connectivity index (χ3v) is 17.0. The van der Waals surface area contributed by atoms with Crippen LogP contribution in [-0.4, -0.2) is 76.4 Å². The molecular weight excluding hydrogens is 970 g/mol. The molecule has 0 atom stereocenters. The summed E-state index contributed by atoms with van der Waals surface area (Å²) in [7, 11) is 2.29. The molecule has 0 saturated heterocycles. The fourth-order valence-electron chi connectivity index (χ4n) is 8.64. The molecule has 6 aromatic carbocycles. The Balaban J connectivity index is 0.000000300. The summed E-state index contributed by atoms with van der Waals surface area (Å²) in [6.45, 7) is 39.9. The summed E-state index contributed by atoms with van der Waals surface area (Å²) in [5.74, 6) is 0. The van der Waals surface area contributed by atoms with E-state index < -0.39 is 0 Å². The van der Waals surface area contributed by atoms with Crippen LogP contribution in [0.1, 0.15) is 100 Å². The van der Waals surface area contributed by atoms with Crippen molar-refractivity contribution >= 4 is 107 Å². The Kier molecular flexibility index (Phi) is 20.7. The summed E-state index contributed by atoms with van der Waals surface area (Å²) in [5, 5.41) is 9.09. The van der Waals surface area contributed by atoms with Crippen LogP contribution in [0.2, 0.25) is 0 Å². The SMILES string of the molecule is Cc1cc(C)c([Si]c2c(C)cc(C)cc2C)c(C)c1.Cc1cc(C)c([Si]c2c(C)cc(C)cc2C)c(C)c1.Cc1cc(C)c([Si]c2c(C)cc(C)cc2C)c(C)c1.[Sn].[Sn]. The predicted octanol–water partition coefficient (Wildman–Crippen LogP) is 8.81. The van der Waals surface area contributed by atoms with Gasteiger partial charge < -0.3 is 0 Å². The third-order valence-electron chi connectivity index (χ3n) is 10.8. The van der Waals surface area contributed by atoms with Crippen molar-refractivity contribution in [2.75, 3.05) is 0 Å². The Bertz CT molecular complexity index is 1850. The van der Waals surface area contributed by atoms with Crippen molar-refractivity contribution < 1.29 is 0 Å². The van der Waals surface area contributed by atoms with Crippen molar-refractivity contribution in [3.05, 3.63) is 173 Å².